The number of nitrogens with one attached hydrogen (secondary N) is 1. The summed E-state index contributed by atoms with van der Waals surface area (Å²) in [7, 11) is 0. The summed E-state index contributed by atoms with van der Waals surface area (Å²) in [5.74, 6) is 0. The van der Waals surface area contributed by atoms with Gasteiger partial charge in [-0.3, -0.25) is 0 Å². The Morgan fingerprint density at radius 3 is 1.71 bits per heavy atom. The van der Waals surface area contributed by atoms with Crippen LogP contribution in [0.15, 0.2) is 0 Å². The lowest BCUT2D eigenvalue weighted by atomic mass is 9.99. The third-order valence-electron chi connectivity index (χ3n) is 3.83. The number of unbranched alkanes of at least 4 members (excludes halogenated alkanes) is 9. The van der Waals surface area contributed by atoms with E-state index >= 15 is 0 Å². The van der Waals surface area contributed by atoms with Gasteiger partial charge in [-0.1, -0.05) is 71.1 Å². The Labute approximate surface area is 115 Å². The van der Waals surface area contributed by atoms with Gasteiger partial charge in [0.05, 0.1) is 0 Å². The molecule has 0 saturated carbocycles. The Balaban J connectivity index is 0.00000256. The first kappa shape index (κ1) is 17.2. The largest absolute Gasteiger partial charge is 0.314 e. The van der Waals surface area contributed by atoms with E-state index < -0.39 is 0 Å². The molecular formula is C15H32ClN. The Kier molecular flexibility index (Phi) is 12.9. The summed E-state index contributed by atoms with van der Waals surface area (Å²) in [5.41, 5.74) is 0. The Bertz CT molecular complexity index is 146. The van der Waals surface area contributed by atoms with Crippen LogP contribution in [0.5, 0.6) is 0 Å². The van der Waals surface area contributed by atoms with E-state index in [0.29, 0.717) is 0 Å². The van der Waals surface area contributed by atoms with Crippen LogP contribution in [0.1, 0.15) is 84.0 Å². The van der Waals surface area contributed by atoms with Crippen molar-refractivity contribution in [1.29, 1.82) is 0 Å². The molecule has 1 aliphatic heterocycles. The van der Waals surface area contributed by atoms with Crippen LogP contribution in [0.25, 0.3) is 0 Å². The Morgan fingerprint density at radius 2 is 1.29 bits per heavy atom. The maximum absolute atomic E-state index is 3.48. The van der Waals surface area contributed by atoms with Crippen LogP contribution in [-0.2, 0) is 0 Å². The third-order valence-corrected chi connectivity index (χ3v) is 3.83. The van der Waals surface area contributed by atoms with Gasteiger partial charge in [-0.2, -0.15) is 0 Å². The van der Waals surface area contributed by atoms with Gasteiger partial charge in [0.1, 0.15) is 0 Å². The summed E-state index contributed by atoms with van der Waals surface area (Å²) in [6.45, 7) is 3.55. The highest BCUT2D eigenvalue weighted by molar-refractivity contribution is 5.85. The molecular weight excluding hydrogens is 230 g/mol. The average molecular weight is 262 g/mol. The fourth-order valence-corrected chi connectivity index (χ4v) is 2.47. The highest BCUT2D eigenvalue weighted by atomic mass is 35.5. The topological polar surface area (TPSA) is 12.0 Å². The van der Waals surface area contributed by atoms with Gasteiger partial charge in [0.2, 0.25) is 0 Å². The normalized spacial score (nSPS) is 18.5. The number of halogens is 1. The van der Waals surface area contributed by atoms with Crippen molar-refractivity contribution < 1.29 is 0 Å². The molecule has 1 N–H and O–H groups in total. The van der Waals surface area contributed by atoms with Crippen molar-refractivity contribution in [3.63, 3.8) is 0 Å². The van der Waals surface area contributed by atoms with Crippen molar-refractivity contribution in [2.24, 2.45) is 0 Å². The van der Waals surface area contributed by atoms with Gasteiger partial charge in [-0.25, -0.2) is 0 Å². The summed E-state index contributed by atoms with van der Waals surface area (Å²) in [5, 5.41) is 3.48. The molecule has 104 valence electrons. The molecule has 2 heteroatoms. The maximum Gasteiger partial charge on any atom is 0.00791 e. The lowest BCUT2D eigenvalue weighted by Gasteiger charge is -2.27. The van der Waals surface area contributed by atoms with E-state index in [-0.39, 0.29) is 12.4 Å². The first-order valence-electron chi connectivity index (χ1n) is 7.67. The molecule has 1 atom stereocenters. The van der Waals surface area contributed by atoms with Crippen molar-refractivity contribution >= 4 is 12.4 Å². The second-order valence-electron chi connectivity index (χ2n) is 5.41. The average Bonchev–Trinajstić information content (AvgIpc) is 2.23. The molecule has 0 aromatic carbocycles. The van der Waals surface area contributed by atoms with Gasteiger partial charge in [-0.05, 0) is 19.4 Å². The predicted octanol–water partition coefficient (Wildman–Crippen LogP) is 5.08. The van der Waals surface area contributed by atoms with Gasteiger partial charge in [-0.15, -0.1) is 12.4 Å². The second kappa shape index (κ2) is 12.7. The van der Waals surface area contributed by atoms with Crippen LogP contribution >= 0.6 is 12.4 Å². The van der Waals surface area contributed by atoms with Crippen LogP contribution in [0.2, 0.25) is 0 Å². The number of rotatable bonds is 11. The van der Waals surface area contributed by atoms with E-state index in [1.165, 1.54) is 83.6 Å². The molecule has 1 fully saturated rings. The van der Waals surface area contributed by atoms with E-state index in [1.807, 2.05) is 0 Å². The molecule has 1 rings (SSSR count). The summed E-state index contributed by atoms with van der Waals surface area (Å²) in [4.78, 5) is 0. The maximum atomic E-state index is 3.48. The van der Waals surface area contributed by atoms with Crippen LogP contribution in [0.4, 0.5) is 0 Å². The van der Waals surface area contributed by atoms with E-state index in [4.69, 9.17) is 0 Å². The monoisotopic (exact) mass is 261 g/mol. The molecule has 0 aliphatic carbocycles. The molecule has 0 aromatic rings. The molecule has 17 heavy (non-hydrogen) atoms. The quantitative estimate of drug-likeness (QED) is 0.512. The summed E-state index contributed by atoms with van der Waals surface area (Å²) in [6.07, 6.45) is 17.4. The lowest BCUT2D eigenvalue weighted by molar-refractivity contribution is 0.339. The second-order valence-corrected chi connectivity index (χ2v) is 5.41. The van der Waals surface area contributed by atoms with Crippen molar-refractivity contribution in [1.82, 2.24) is 5.32 Å². The molecule has 0 bridgehead atoms. The van der Waals surface area contributed by atoms with Gasteiger partial charge >= 0.3 is 0 Å². The SMILES string of the molecule is CCCCCCCCCCCCC1CCN1.Cl. The van der Waals surface area contributed by atoms with Crippen LogP contribution in [0.3, 0.4) is 0 Å². The summed E-state index contributed by atoms with van der Waals surface area (Å²) < 4.78 is 0. The van der Waals surface area contributed by atoms with E-state index in [2.05, 4.69) is 12.2 Å². The van der Waals surface area contributed by atoms with Gasteiger partial charge in [0.15, 0.2) is 0 Å². The fourth-order valence-electron chi connectivity index (χ4n) is 2.47. The first-order chi connectivity index (χ1) is 7.93. The van der Waals surface area contributed by atoms with E-state index in [9.17, 15) is 0 Å². The van der Waals surface area contributed by atoms with Crippen molar-refractivity contribution in [2.45, 2.75) is 90.0 Å². The Morgan fingerprint density at radius 1 is 0.824 bits per heavy atom. The zero-order valence-electron chi connectivity index (χ0n) is 11.7. The minimum Gasteiger partial charge on any atom is -0.314 e. The van der Waals surface area contributed by atoms with Gasteiger partial charge < -0.3 is 5.32 Å². The lowest BCUT2D eigenvalue weighted by Crippen LogP contribution is -2.42. The molecule has 1 nitrogen and oxygen atoms in total. The van der Waals surface area contributed by atoms with Crippen LogP contribution in [-0.4, -0.2) is 12.6 Å². The van der Waals surface area contributed by atoms with Gasteiger partial charge in [0, 0.05) is 6.04 Å². The molecule has 0 radical (unpaired) electrons. The molecule has 0 aromatic heterocycles. The van der Waals surface area contributed by atoms with Crippen LogP contribution in [0, 0.1) is 0 Å². The minimum absolute atomic E-state index is 0. The molecule has 1 aliphatic rings. The molecule has 0 amide bonds. The smallest absolute Gasteiger partial charge is 0.00791 e. The number of hydrogen-bond donors (Lipinski definition) is 1. The highest BCUT2D eigenvalue weighted by Gasteiger charge is 2.14. The summed E-state index contributed by atoms with van der Waals surface area (Å²) >= 11 is 0. The zero-order chi connectivity index (χ0) is 11.5. The highest BCUT2D eigenvalue weighted by Crippen LogP contribution is 2.14. The minimum atomic E-state index is 0. The predicted molar refractivity (Wildman–Crippen MR) is 80.1 cm³/mol. The van der Waals surface area contributed by atoms with Crippen molar-refractivity contribution in [3.05, 3.63) is 0 Å². The van der Waals surface area contributed by atoms with Crippen molar-refractivity contribution in [2.75, 3.05) is 6.54 Å². The number of hydrogen-bond acceptors (Lipinski definition) is 1. The standard InChI is InChI=1S/C15H31N.ClH/c1-2-3-4-5-6-7-8-9-10-11-12-15-13-14-16-15;/h15-16H,2-14H2,1H3;1H. The first-order valence-corrected chi connectivity index (χ1v) is 7.67. The van der Waals surface area contributed by atoms with Gasteiger partial charge in [0.25, 0.3) is 0 Å². The zero-order valence-corrected chi connectivity index (χ0v) is 12.5. The Hall–Kier alpha value is 0.250. The molecule has 1 unspecified atom stereocenters. The van der Waals surface area contributed by atoms with Crippen LogP contribution < -0.4 is 5.32 Å². The van der Waals surface area contributed by atoms with E-state index in [1.54, 1.807) is 0 Å². The molecule has 0 spiro atoms. The van der Waals surface area contributed by atoms with Crippen molar-refractivity contribution in [3.8, 4) is 0 Å². The molecule has 1 heterocycles. The third kappa shape index (κ3) is 9.91. The molecule has 1 saturated heterocycles. The van der Waals surface area contributed by atoms with E-state index in [0.717, 1.165) is 6.04 Å². The fraction of sp³-hybridized carbons (Fsp3) is 1.00. The summed E-state index contributed by atoms with van der Waals surface area (Å²) in [6, 6.07) is 0.883.